The zero-order valence-corrected chi connectivity index (χ0v) is 24.5. The zero-order chi connectivity index (χ0) is 28.8. The number of hydrogen-bond donors (Lipinski definition) is 0. The Balaban J connectivity index is 1.28. The Hall–Kier alpha value is -3.56. The number of benzene rings is 2. The molecule has 4 aromatic rings. The van der Waals surface area contributed by atoms with Gasteiger partial charge in [-0.25, -0.2) is 17.5 Å². The molecular weight excluding hydrogens is 539 g/mol. The average Bonchev–Trinajstić information content (AvgIpc) is 3.61. The second-order valence-electron chi connectivity index (χ2n) is 11.5. The van der Waals surface area contributed by atoms with Crippen molar-refractivity contribution in [3.63, 3.8) is 0 Å². The summed E-state index contributed by atoms with van der Waals surface area (Å²) in [5, 5.41) is 8.57. The molecule has 0 radical (unpaired) electrons. The number of nitrogens with zero attached hydrogens (tertiary/aromatic N) is 4. The predicted octanol–water partition coefficient (Wildman–Crippen LogP) is 6.30. The highest BCUT2D eigenvalue weighted by Gasteiger charge is 2.47. The van der Waals surface area contributed by atoms with Crippen molar-refractivity contribution in [3.05, 3.63) is 100 Å². The first kappa shape index (κ1) is 27.6. The second kappa shape index (κ2) is 10.7. The van der Waals surface area contributed by atoms with Gasteiger partial charge in [0.25, 0.3) is 0 Å². The van der Waals surface area contributed by atoms with E-state index in [1.54, 1.807) is 30.3 Å². The third-order valence-electron chi connectivity index (χ3n) is 8.93. The number of rotatable bonds is 9. The Kier molecular flexibility index (Phi) is 7.20. The minimum atomic E-state index is -3.81. The molecular formula is C32H35FN4O3S. The van der Waals surface area contributed by atoms with Crippen molar-refractivity contribution in [1.29, 1.82) is 0 Å². The molecule has 2 aromatic carbocycles. The molecule has 0 spiro atoms. The smallest absolute Gasteiger partial charge is 0.248 e. The molecule has 2 aliphatic rings. The van der Waals surface area contributed by atoms with Crippen LogP contribution in [0.4, 0.5) is 4.39 Å². The normalized spacial score (nSPS) is 20.2. The van der Waals surface area contributed by atoms with Crippen LogP contribution in [0.5, 0.6) is 0 Å². The molecule has 0 amide bonds. The second-order valence-corrected chi connectivity index (χ2v) is 13.4. The molecule has 6 rings (SSSR count). The summed E-state index contributed by atoms with van der Waals surface area (Å²) in [4.78, 5) is 0.183. The molecule has 0 aliphatic heterocycles. The van der Waals surface area contributed by atoms with Gasteiger partial charge < -0.3 is 4.52 Å². The van der Waals surface area contributed by atoms with Gasteiger partial charge in [0.1, 0.15) is 16.4 Å². The van der Waals surface area contributed by atoms with Gasteiger partial charge in [0.15, 0.2) is 5.76 Å². The number of allylic oxidation sites excluding steroid dienone is 1. The highest BCUT2D eigenvalue weighted by atomic mass is 32.2. The number of halogens is 1. The maximum atomic E-state index is 14.1. The molecule has 1 saturated carbocycles. The number of hydrogen-bond acceptors (Lipinski definition) is 5. The zero-order valence-electron chi connectivity index (χ0n) is 23.7. The predicted molar refractivity (Wildman–Crippen MR) is 156 cm³/mol. The summed E-state index contributed by atoms with van der Waals surface area (Å²) in [6, 6.07) is 16.5. The fourth-order valence-electron chi connectivity index (χ4n) is 6.65. The van der Waals surface area contributed by atoms with E-state index in [4.69, 9.17) is 4.52 Å². The van der Waals surface area contributed by atoms with Crippen LogP contribution in [0.1, 0.15) is 54.5 Å². The van der Waals surface area contributed by atoms with E-state index < -0.39 is 10.0 Å². The van der Waals surface area contributed by atoms with Crippen LogP contribution >= 0.6 is 0 Å². The number of sulfonamides is 1. The van der Waals surface area contributed by atoms with E-state index in [-0.39, 0.29) is 22.0 Å². The third kappa shape index (κ3) is 5.06. The van der Waals surface area contributed by atoms with Crippen molar-refractivity contribution >= 4 is 16.1 Å². The molecule has 2 aliphatic carbocycles. The van der Waals surface area contributed by atoms with Crippen LogP contribution in [0.3, 0.4) is 0 Å². The highest BCUT2D eigenvalue weighted by Crippen LogP contribution is 2.53. The van der Waals surface area contributed by atoms with Gasteiger partial charge in [-0.3, -0.25) is 0 Å². The fourth-order valence-corrected chi connectivity index (χ4v) is 8.46. The van der Waals surface area contributed by atoms with Crippen LogP contribution in [-0.4, -0.2) is 40.7 Å². The van der Waals surface area contributed by atoms with Crippen molar-refractivity contribution in [2.75, 3.05) is 13.1 Å². The molecule has 0 unspecified atom stereocenters. The molecule has 2 atom stereocenters. The molecule has 0 N–H and O–H groups in total. The van der Waals surface area contributed by atoms with Gasteiger partial charge in [0.05, 0.1) is 17.6 Å². The minimum Gasteiger partial charge on any atom is -0.360 e. The lowest BCUT2D eigenvalue weighted by Crippen LogP contribution is -2.41. The Morgan fingerprint density at radius 2 is 1.88 bits per heavy atom. The summed E-state index contributed by atoms with van der Waals surface area (Å²) < 4.78 is 50.5. The molecule has 214 valence electrons. The van der Waals surface area contributed by atoms with Gasteiger partial charge in [-0.05, 0) is 98.8 Å². The summed E-state index contributed by atoms with van der Waals surface area (Å²) >= 11 is 0. The fraction of sp³-hybridized carbons (Fsp3) is 0.375. The van der Waals surface area contributed by atoms with Crippen molar-refractivity contribution in [1.82, 2.24) is 19.2 Å². The van der Waals surface area contributed by atoms with Crippen LogP contribution in [0.15, 0.2) is 75.8 Å². The Bertz CT molecular complexity index is 1670. The van der Waals surface area contributed by atoms with E-state index in [1.165, 1.54) is 23.3 Å². The van der Waals surface area contributed by atoms with Crippen LogP contribution < -0.4 is 0 Å². The van der Waals surface area contributed by atoms with Crippen molar-refractivity contribution in [2.45, 2.75) is 57.8 Å². The van der Waals surface area contributed by atoms with Crippen LogP contribution in [-0.2, 0) is 22.9 Å². The molecule has 0 bridgehead atoms. The first-order chi connectivity index (χ1) is 19.7. The minimum absolute atomic E-state index is 0.142. The number of aryl methyl sites for hydroxylation is 3. The van der Waals surface area contributed by atoms with Crippen molar-refractivity contribution < 1.29 is 17.3 Å². The molecule has 0 saturated heterocycles. The van der Waals surface area contributed by atoms with E-state index in [1.807, 2.05) is 29.1 Å². The van der Waals surface area contributed by atoms with E-state index in [0.29, 0.717) is 31.0 Å². The summed E-state index contributed by atoms with van der Waals surface area (Å²) in [6.45, 7) is 6.45. The van der Waals surface area contributed by atoms with E-state index >= 15 is 0 Å². The summed E-state index contributed by atoms with van der Waals surface area (Å²) in [5.41, 5.74) is 5.68. The van der Waals surface area contributed by atoms with E-state index in [2.05, 4.69) is 35.4 Å². The third-order valence-corrected chi connectivity index (χ3v) is 11.0. The molecule has 41 heavy (non-hydrogen) atoms. The van der Waals surface area contributed by atoms with Gasteiger partial charge in [-0.15, -0.1) is 0 Å². The quantitative estimate of drug-likeness (QED) is 0.235. The van der Waals surface area contributed by atoms with Crippen LogP contribution in [0.25, 0.3) is 11.8 Å². The standard InChI is InChI=1S/C32H35FN4O3S/c1-22-31(23(2)40-35-22)41(38,39)36(17-7-10-24-8-5-4-6-9-24)21-27-12-11-26-18-30-25(19-32(26,27)3)20-34-37(30)29-15-13-28(33)14-16-29/h4-6,8-9,13-16,18,20,27H,7,10-12,17,19,21H2,1-3H3/t27-,32+/m1/s1. The van der Waals surface area contributed by atoms with Crippen molar-refractivity contribution in [2.24, 2.45) is 11.3 Å². The first-order valence-electron chi connectivity index (χ1n) is 14.2. The Morgan fingerprint density at radius 3 is 2.59 bits per heavy atom. The van der Waals surface area contributed by atoms with Gasteiger partial charge >= 0.3 is 0 Å². The van der Waals surface area contributed by atoms with Crippen LogP contribution in [0, 0.1) is 31.0 Å². The van der Waals surface area contributed by atoms with E-state index in [0.717, 1.165) is 42.6 Å². The summed E-state index contributed by atoms with van der Waals surface area (Å²) in [6.07, 6.45) is 8.22. The maximum absolute atomic E-state index is 14.1. The SMILES string of the molecule is Cc1noc(C)c1S(=O)(=O)N(CCCc1ccccc1)C[C@H]1CCC2=Cc3c(cnn3-c3ccc(F)cc3)C[C@@]21C. The summed E-state index contributed by atoms with van der Waals surface area (Å²) in [7, 11) is -3.81. The largest absolute Gasteiger partial charge is 0.360 e. The molecule has 9 heteroatoms. The van der Waals surface area contributed by atoms with Gasteiger partial charge in [-0.2, -0.15) is 9.40 Å². The Labute approximate surface area is 240 Å². The average molecular weight is 575 g/mol. The molecule has 2 aromatic heterocycles. The van der Waals surface area contributed by atoms with Gasteiger partial charge in [-0.1, -0.05) is 48.0 Å². The number of fused-ring (bicyclic) bond motifs is 2. The first-order valence-corrected chi connectivity index (χ1v) is 15.6. The molecule has 2 heterocycles. The topological polar surface area (TPSA) is 81.2 Å². The van der Waals surface area contributed by atoms with Crippen LogP contribution in [0.2, 0.25) is 0 Å². The Morgan fingerprint density at radius 1 is 1.12 bits per heavy atom. The highest BCUT2D eigenvalue weighted by molar-refractivity contribution is 7.89. The lowest BCUT2D eigenvalue weighted by molar-refractivity contribution is 0.219. The number of aromatic nitrogens is 3. The van der Waals surface area contributed by atoms with Crippen molar-refractivity contribution in [3.8, 4) is 5.69 Å². The summed E-state index contributed by atoms with van der Waals surface area (Å²) in [5.74, 6) is 0.187. The lowest BCUT2D eigenvalue weighted by Gasteiger charge is -2.38. The molecule has 1 fully saturated rings. The van der Waals surface area contributed by atoms with Gasteiger partial charge in [0.2, 0.25) is 10.0 Å². The maximum Gasteiger partial charge on any atom is 0.248 e. The van der Waals surface area contributed by atoms with Gasteiger partial charge in [0, 0.05) is 13.1 Å². The molecule has 7 nitrogen and oxygen atoms in total. The van der Waals surface area contributed by atoms with E-state index in [9.17, 15) is 12.8 Å². The monoisotopic (exact) mass is 574 g/mol. The lowest BCUT2D eigenvalue weighted by atomic mass is 9.70.